The van der Waals surface area contributed by atoms with Gasteiger partial charge in [-0.25, -0.2) is 8.42 Å². The second kappa shape index (κ2) is 11.1. The molecular weight excluding hydrogens is 490 g/mol. The number of hydrogen-bond donors (Lipinski definition) is 1. The third-order valence-corrected chi connectivity index (χ3v) is 8.30. The second-order valence-electron chi connectivity index (χ2n) is 9.31. The lowest BCUT2D eigenvalue weighted by Gasteiger charge is -2.25. The van der Waals surface area contributed by atoms with E-state index in [1.54, 1.807) is 30.5 Å². The van der Waals surface area contributed by atoms with E-state index >= 15 is 0 Å². The molecule has 190 valence electrons. The summed E-state index contributed by atoms with van der Waals surface area (Å²) in [5.74, 6) is 0. The number of nitrogens with zero attached hydrogens (tertiary/aromatic N) is 1. The van der Waals surface area contributed by atoms with Crippen molar-refractivity contribution < 1.29 is 13.5 Å². The molecule has 0 spiro atoms. The van der Waals surface area contributed by atoms with Crippen LogP contribution in [0.4, 0.5) is 0 Å². The fraction of sp³-hybridized carbons (Fsp3) is 0.0909. The van der Waals surface area contributed by atoms with Crippen LogP contribution in [0.15, 0.2) is 138 Å². The Morgan fingerprint density at radius 2 is 1.37 bits per heavy atom. The van der Waals surface area contributed by atoms with E-state index in [2.05, 4.69) is 0 Å². The highest BCUT2D eigenvalue weighted by Gasteiger charge is 2.25. The fourth-order valence-electron chi connectivity index (χ4n) is 4.46. The van der Waals surface area contributed by atoms with Gasteiger partial charge >= 0.3 is 0 Å². The lowest BCUT2D eigenvalue weighted by Crippen LogP contribution is -2.26. The van der Waals surface area contributed by atoms with Crippen molar-refractivity contribution in [2.24, 2.45) is 0 Å². The molecule has 0 saturated carbocycles. The Kier molecular flexibility index (Phi) is 7.40. The molecule has 0 aliphatic carbocycles. The molecule has 38 heavy (non-hydrogen) atoms. The highest BCUT2D eigenvalue weighted by atomic mass is 32.2. The first-order valence-corrected chi connectivity index (χ1v) is 13.9. The van der Waals surface area contributed by atoms with Crippen LogP contribution in [0.25, 0.3) is 16.3 Å². The number of fused-ring (bicyclic) bond motifs is 1. The van der Waals surface area contributed by atoms with E-state index in [0.29, 0.717) is 11.1 Å². The van der Waals surface area contributed by atoms with Gasteiger partial charge in [0.2, 0.25) is 0 Å². The number of sulfonamides is 1. The molecule has 1 atom stereocenters. The molecule has 0 unspecified atom stereocenters. The number of benzene rings is 5. The smallest absolute Gasteiger partial charge is 0.264 e. The van der Waals surface area contributed by atoms with Crippen molar-refractivity contribution in [3.05, 3.63) is 156 Å². The Morgan fingerprint density at radius 1 is 0.763 bits per heavy atom. The summed E-state index contributed by atoms with van der Waals surface area (Å²) in [4.78, 5) is 0.197. The number of rotatable bonds is 8. The predicted molar refractivity (Wildman–Crippen MR) is 154 cm³/mol. The number of aliphatic hydroxyl groups is 1. The lowest BCUT2D eigenvalue weighted by molar-refractivity contribution is 0.237. The van der Waals surface area contributed by atoms with E-state index in [0.717, 1.165) is 27.5 Å². The first-order valence-electron chi connectivity index (χ1n) is 12.5. The van der Waals surface area contributed by atoms with E-state index in [1.165, 1.54) is 4.31 Å². The Balaban J connectivity index is 1.65. The van der Waals surface area contributed by atoms with Gasteiger partial charge in [-0.05, 0) is 52.6 Å². The molecule has 0 fully saturated rings. The molecule has 1 N–H and O–H groups in total. The van der Waals surface area contributed by atoms with Gasteiger partial charge in [-0.15, -0.1) is 0 Å². The maximum Gasteiger partial charge on any atom is 0.264 e. The van der Waals surface area contributed by atoms with Gasteiger partial charge in [0.05, 0.1) is 11.4 Å². The molecule has 0 saturated heterocycles. The maximum absolute atomic E-state index is 13.9. The maximum atomic E-state index is 13.9. The summed E-state index contributed by atoms with van der Waals surface area (Å²) in [7, 11) is -3.92. The molecule has 0 aromatic heterocycles. The highest BCUT2D eigenvalue weighted by Crippen LogP contribution is 2.33. The second-order valence-corrected chi connectivity index (χ2v) is 11.2. The molecule has 0 amide bonds. The average molecular weight is 520 g/mol. The van der Waals surface area contributed by atoms with E-state index < -0.39 is 16.1 Å². The van der Waals surface area contributed by atoms with Gasteiger partial charge in [-0.3, -0.25) is 4.31 Å². The third-order valence-electron chi connectivity index (χ3n) is 6.58. The highest BCUT2D eigenvalue weighted by molar-refractivity contribution is 7.89. The molecule has 5 rings (SSSR count). The zero-order valence-electron chi connectivity index (χ0n) is 21.1. The van der Waals surface area contributed by atoms with Crippen LogP contribution >= 0.6 is 0 Å². The SMILES string of the molecule is Cc1ccc(S(=O)(=O)N(/C=C(\c2ccccc2)[C@H](O)c2ccc3ccccc3c2)Cc2ccccc2)cc1. The minimum atomic E-state index is -3.92. The van der Waals surface area contributed by atoms with Crippen LogP contribution in [-0.4, -0.2) is 17.8 Å². The quantitative estimate of drug-likeness (QED) is 0.238. The Morgan fingerprint density at radius 3 is 2.05 bits per heavy atom. The normalized spacial score (nSPS) is 12.8. The minimum Gasteiger partial charge on any atom is -0.384 e. The summed E-state index contributed by atoms with van der Waals surface area (Å²) in [6.45, 7) is 2.04. The fourth-order valence-corrected chi connectivity index (χ4v) is 5.78. The first kappa shape index (κ1) is 25.5. The van der Waals surface area contributed by atoms with Crippen LogP contribution in [0, 0.1) is 6.92 Å². The van der Waals surface area contributed by atoms with E-state index in [4.69, 9.17) is 0 Å². The van der Waals surface area contributed by atoms with Crippen LogP contribution in [-0.2, 0) is 16.6 Å². The van der Waals surface area contributed by atoms with Gasteiger partial charge in [0.15, 0.2) is 0 Å². The Bertz CT molecular complexity index is 1660. The standard InChI is InChI=1S/C33H29NO3S/c1-25-16-20-31(21-17-25)38(36,37)34(23-26-10-4-2-5-11-26)24-32(28-13-6-3-7-14-28)33(35)30-19-18-27-12-8-9-15-29(27)22-30/h2-22,24,33,35H,23H2,1H3/b32-24+/t33-/m1/s1. The first-order chi connectivity index (χ1) is 18.4. The molecular formula is C33H29NO3S. The molecule has 4 nitrogen and oxygen atoms in total. The largest absolute Gasteiger partial charge is 0.384 e. The molecule has 5 heteroatoms. The number of aryl methyl sites for hydroxylation is 1. The topological polar surface area (TPSA) is 57.6 Å². The van der Waals surface area contributed by atoms with Crippen LogP contribution in [0.2, 0.25) is 0 Å². The molecule has 0 radical (unpaired) electrons. The number of hydrogen-bond acceptors (Lipinski definition) is 3. The zero-order chi connectivity index (χ0) is 26.5. The predicted octanol–water partition coefficient (Wildman–Crippen LogP) is 7.11. The van der Waals surface area contributed by atoms with Gasteiger partial charge in [0, 0.05) is 11.8 Å². The van der Waals surface area contributed by atoms with Crippen LogP contribution < -0.4 is 0 Å². The van der Waals surface area contributed by atoms with E-state index in [1.807, 2.05) is 110 Å². The van der Waals surface area contributed by atoms with Gasteiger partial charge < -0.3 is 5.11 Å². The Labute approximate surface area is 224 Å². The average Bonchev–Trinajstić information content (AvgIpc) is 2.96. The van der Waals surface area contributed by atoms with Crippen LogP contribution in [0.3, 0.4) is 0 Å². The van der Waals surface area contributed by atoms with E-state index in [-0.39, 0.29) is 11.4 Å². The molecule has 0 aliphatic heterocycles. The number of aliphatic hydroxyl groups excluding tert-OH is 1. The van der Waals surface area contributed by atoms with Gasteiger partial charge in [-0.1, -0.05) is 115 Å². The summed E-state index contributed by atoms with van der Waals surface area (Å²) in [6, 6.07) is 39.5. The van der Waals surface area contributed by atoms with Crippen molar-refractivity contribution in [3.8, 4) is 0 Å². The summed E-state index contributed by atoms with van der Waals surface area (Å²) in [5, 5.41) is 13.8. The summed E-state index contributed by atoms with van der Waals surface area (Å²) in [6.07, 6.45) is 0.533. The van der Waals surface area contributed by atoms with Gasteiger partial charge in [-0.2, -0.15) is 0 Å². The van der Waals surface area contributed by atoms with Crippen molar-refractivity contribution in [3.63, 3.8) is 0 Å². The molecule has 0 heterocycles. The minimum absolute atomic E-state index is 0.123. The van der Waals surface area contributed by atoms with Crippen LogP contribution in [0.5, 0.6) is 0 Å². The van der Waals surface area contributed by atoms with Crippen molar-refractivity contribution in [2.75, 3.05) is 0 Å². The van der Waals surface area contributed by atoms with Crippen molar-refractivity contribution >= 4 is 26.4 Å². The molecule has 0 aliphatic rings. The summed E-state index contributed by atoms with van der Waals surface area (Å²) >= 11 is 0. The molecule has 5 aromatic carbocycles. The van der Waals surface area contributed by atoms with Crippen molar-refractivity contribution in [2.45, 2.75) is 24.5 Å². The van der Waals surface area contributed by atoms with E-state index in [9.17, 15) is 13.5 Å². The summed E-state index contributed by atoms with van der Waals surface area (Å²) < 4.78 is 29.2. The molecule has 0 bridgehead atoms. The van der Waals surface area contributed by atoms with Gasteiger partial charge in [0.1, 0.15) is 6.10 Å². The zero-order valence-corrected chi connectivity index (χ0v) is 21.9. The van der Waals surface area contributed by atoms with Crippen LogP contribution in [0.1, 0.15) is 28.4 Å². The lowest BCUT2D eigenvalue weighted by atomic mass is 9.94. The Hall–Kier alpha value is -4.19. The van der Waals surface area contributed by atoms with Crippen molar-refractivity contribution in [1.82, 2.24) is 4.31 Å². The summed E-state index contributed by atoms with van der Waals surface area (Å²) in [5.41, 5.74) is 3.74. The molecule has 5 aromatic rings. The third kappa shape index (κ3) is 5.54. The van der Waals surface area contributed by atoms with Gasteiger partial charge in [0.25, 0.3) is 10.0 Å². The monoisotopic (exact) mass is 519 g/mol. The van der Waals surface area contributed by atoms with Crippen molar-refractivity contribution in [1.29, 1.82) is 0 Å².